The van der Waals surface area contributed by atoms with Crippen LogP contribution in [0.4, 0.5) is 4.39 Å². The molecule has 0 fully saturated rings. The molecule has 1 rings (SSSR count). The van der Waals surface area contributed by atoms with Gasteiger partial charge in [0, 0.05) is 16.5 Å². The van der Waals surface area contributed by atoms with Crippen molar-refractivity contribution in [3.05, 3.63) is 35.6 Å². The summed E-state index contributed by atoms with van der Waals surface area (Å²) in [7, 11) is 1.98. The molecule has 96 valence electrons. The van der Waals surface area contributed by atoms with Gasteiger partial charge in [-0.3, -0.25) is 0 Å². The molecule has 1 aromatic rings. The number of likely N-dealkylation sites (N-methyl/N-ethyl adjacent to an activating group) is 1. The summed E-state index contributed by atoms with van der Waals surface area (Å²) in [6.45, 7) is 6.67. The van der Waals surface area contributed by atoms with E-state index in [2.05, 4.69) is 26.1 Å². The smallest absolute Gasteiger partial charge is 0.123 e. The minimum Gasteiger partial charge on any atom is -0.316 e. The molecule has 0 radical (unpaired) electrons. The van der Waals surface area contributed by atoms with E-state index in [-0.39, 0.29) is 10.6 Å². The second-order valence-electron chi connectivity index (χ2n) is 5.24. The van der Waals surface area contributed by atoms with Crippen LogP contribution < -0.4 is 5.32 Å². The highest BCUT2D eigenvalue weighted by Crippen LogP contribution is 2.24. The van der Waals surface area contributed by atoms with Crippen LogP contribution in [0.2, 0.25) is 0 Å². The molecule has 0 aromatic heterocycles. The van der Waals surface area contributed by atoms with Crippen LogP contribution >= 0.6 is 11.8 Å². The first-order valence-electron chi connectivity index (χ1n) is 5.96. The summed E-state index contributed by atoms with van der Waals surface area (Å²) in [5.74, 6) is 0.899. The standard InChI is InChI=1S/C14H22FNS/c1-14(2,3)17-10-13(16-4)9-11-5-7-12(15)8-6-11/h5-8,13,16H,9-10H2,1-4H3. The van der Waals surface area contributed by atoms with Crippen molar-refractivity contribution in [1.82, 2.24) is 5.32 Å². The molecule has 0 bridgehead atoms. The summed E-state index contributed by atoms with van der Waals surface area (Å²) >= 11 is 1.95. The Bertz CT molecular complexity index is 329. The van der Waals surface area contributed by atoms with Gasteiger partial charge in [0.25, 0.3) is 0 Å². The van der Waals surface area contributed by atoms with Crippen LogP contribution in [0.15, 0.2) is 24.3 Å². The summed E-state index contributed by atoms with van der Waals surface area (Å²) in [6, 6.07) is 7.21. The van der Waals surface area contributed by atoms with Crippen LogP contribution in [0.3, 0.4) is 0 Å². The molecule has 0 heterocycles. The van der Waals surface area contributed by atoms with Gasteiger partial charge in [-0.1, -0.05) is 32.9 Å². The van der Waals surface area contributed by atoms with E-state index >= 15 is 0 Å². The number of hydrogen-bond donors (Lipinski definition) is 1. The molecule has 0 aliphatic heterocycles. The monoisotopic (exact) mass is 255 g/mol. The lowest BCUT2D eigenvalue weighted by Crippen LogP contribution is -2.31. The largest absolute Gasteiger partial charge is 0.316 e. The Labute approximate surface area is 108 Å². The highest BCUT2D eigenvalue weighted by Gasteiger charge is 2.14. The summed E-state index contributed by atoms with van der Waals surface area (Å²) in [4.78, 5) is 0. The van der Waals surface area contributed by atoms with Crippen molar-refractivity contribution in [1.29, 1.82) is 0 Å². The lowest BCUT2D eigenvalue weighted by Gasteiger charge is -2.22. The molecule has 1 nitrogen and oxygen atoms in total. The molecule has 0 saturated heterocycles. The molecule has 0 amide bonds. The number of nitrogens with one attached hydrogen (secondary N) is 1. The topological polar surface area (TPSA) is 12.0 Å². The molecule has 1 unspecified atom stereocenters. The second kappa shape index (κ2) is 6.41. The molecule has 0 saturated carbocycles. The Morgan fingerprint density at radius 3 is 2.29 bits per heavy atom. The Morgan fingerprint density at radius 1 is 1.24 bits per heavy atom. The Hall–Kier alpha value is -0.540. The first-order chi connectivity index (χ1) is 7.90. The third kappa shape index (κ3) is 6.08. The van der Waals surface area contributed by atoms with Gasteiger partial charge in [-0.2, -0.15) is 11.8 Å². The normalized spacial score (nSPS) is 13.7. The summed E-state index contributed by atoms with van der Waals surface area (Å²) < 4.78 is 13.1. The number of halogens is 1. The quantitative estimate of drug-likeness (QED) is 0.864. The summed E-state index contributed by atoms with van der Waals surface area (Å²) in [5, 5.41) is 3.32. The van der Waals surface area contributed by atoms with Crippen molar-refractivity contribution in [3.8, 4) is 0 Å². The van der Waals surface area contributed by atoms with E-state index in [4.69, 9.17) is 0 Å². The van der Waals surface area contributed by atoms with Gasteiger partial charge in [0.2, 0.25) is 0 Å². The highest BCUT2D eigenvalue weighted by atomic mass is 32.2. The van der Waals surface area contributed by atoms with Crippen molar-refractivity contribution in [2.45, 2.75) is 38.0 Å². The van der Waals surface area contributed by atoms with E-state index in [0.717, 1.165) is 12.2 Å². The molecule has 1 N–H and O–H groups in total. The average Bonchev–Trinajstić information content (AvgIpc) is 2.25. The van der Waals surface area contributed by atoms with Crippen molar-refractivity contribution in [2.75, 3.05) is 12.8 Å². The van der Waals surface area contributed by atoms with Crippen molar-refractivity contribution in [3.63, 3.8) is 0 Å². The highest BCUT2D eigenvalue weighted by molar-refractivity contribution is 8.00. The predicted molar refractivity (Wildman–Crippen MR) is 75.2 cm³/mol. The molecule has 1 atom stereocenters. The van der Waals surface area contributed by atoms with E-state index < -0.39 is 0 Å². The van der Waals surface area contributed by atoms with Gasteiger partial charge in [0.05, 0.1) is 0 Å². The lowest BCUT2D eigenvalue weighted by molar-refractivity contribution is 0.607. The van der Waals surface area contributed by atoms with E-state index in [1.165, 1.54) is 17.7 Å². The third-order valence-corrected chi connectivity index (χ3v) is 3.96. The van der Waals surface area contributed by atoms with Gasteiger partial charge in [-0.05, 0) is 31.2 Å². The zero-order chi connectivity index (χ0) is 12.9. The van der Waals surface area contributed by atoms with E-state index in [1.807, 2.05) is 30.9 Å². The van der Waals surface area contributed by atoms with Crippen molar-refractivity contribution < 1.29 is 4.39 Å². The maximum absolute atomic E-state index is 12.8. The first kappa shape index (κ1) is 14.5. The van der Waals surface area contributed by atoms with Crippen LogP contribution in [0.1, 0.15) is 26.3 Å². The van der Waals surface area contributed by atoms with Crippen LogP contribution in [-0.4, -0.2) is 23.6 Å². The molecule has 3 heteroatoms. The van der Waals surface area contributed by atoms with Crippen LogP contribution in [0.5, 0.6) is 0 Å². The van der Waals surface area contributed by atoms with Crippen LogP contribution in [0.25, 0.3) is 0 Å². The zero-order valence-corrected chi connectivity index (χ0v) is 11.9. The second-order valence-corrected chi connectivity index (χ2v) is 7.09. The first-order valence-corrected chi connectivity index (χ1v) is 6.95. The van der Waals surface area contributed by atoms with E-state index in [9.17, 15) is 4.39 Å². The van der Waals surface area contributed by atoms with Gasteiger partial charge in [-0.15, -0.1) is 0 Å². The molecular formula is C14H22FNS. The lowest BCUT2D eigenvalue weighted by atomic mass is 10.1. The average molecular weight is 255 g/mol. The molecular weight excluding hydrogens is 233 g/mol. The fourth-order valence-corrected chi connectivity index (χ4v) is 2.49. The fourth-order valence-electron chi connectivity index (χ4n) is 1.50. The molecule has 0 spiro atoms. The zero-order valence-electron chi connectivity index (χ0n) is 11.1. The Kier molecular flexibility index (Phi) is 5.47. The number of thioether (sulfide) groups is 1. The summed E-state index contributed by atoms with van der Waals surface area (Å²) in [5.41, 5.74) is 1.18. The molecule has 17 heavy (non-hydrogen) atoms. The van der Waals surface area contributed by atoms with Gasteiger partial charge >= 0.3 is 0 Å². The molecule has 0 aliphatic carbocycles. The molecule has 0 aliphatic rings. The van der Waals surface area contributed by atoms with Gasteiger partial charge in [0.15, 0.2) is 0 Å². The van der Waals surface area contributed by atoms with Gasteiger partial charge < -0.3 is 5.32 Å². The maximum atomic E-state index is 12.8. The van der Waals surface area contributed by atoms with Gasteiger partial charge in [-0.25, -0.2) is 4.39 Å². The third-order valence-electron chi connectivity index (χ3n) is 2.52. The minimum absolute atomic E-state index is 0.168. The minimum atomic E-state index is -0.168. The SMILES string of the molecule is CNC(CSC(C)(C)C)Cc1ccc(F)cc1. The Morgan fingerprint density at radius 2 is 1.82 bits per heavy atom. The van der Waals surface area contributed by atoms with Crippen LogP contribution in [0, 0.1) is 5.82 Å². The fraction of sp³-hybridized carbons (Fsp3) is 0.571. The van der Waals surface area contributed by atoms with Gasteiger partial charge in [0.1, 0.15) is 5.82 Å². The van der Waals surface area contributed by atoms with E-state index in [0.29, 0.717) is 6.04 Å². The van der Waals surface area contributed by atoms with Crippen LogP contribution in [-0.2, 0) is 6.42 Å². The number of rotatable bonds is 5. The van der Waals surface area contributed by atoms with E-state index in [1.54, 1.807) is 0 Å². The maximum Gasteiger partial charge on any atom is 0.123 e. The predicted octanol–water partition coefficient (Wildman–Crippen LogP) is 3.49. The van der Waals surface area contributed by atoms with Crippen molar-refractivity contribution >= 4 is 11.8 Å². The Balaban J connectivity index is 2.49. The molecule has 1 aromatic carbocycles. The number of hydrogen-bond acceptors (Lipinski definition) is 2. The number of benzene rings is 1. The summed E-state index contributed by atoms with van der Waals surface area (Å²) in [6.07, 6.45) is 0.944. The van der Waals surface area contributed by atoms with Crippen molar-refractivity contribution in [2.24, 2.45) is 0 Å².